The van der Waals surface area contributed by atoms with E-state index in [1.165, 1.54) is 0 Å². The highest BCUT2D eigenvalue weighted by Crippen LogP contribution is 2.32. The van der Waals surface area contributed by atoms with Crippen molar-refractivity contribution >= 4 is 17.1 Å². The molecule has 82 valence electrons. The predicted molar refractivity (Wildman–Crippen MR) is 62.3 cm³/mol. The summed E-state index contributed by atoms with van der Waals surface area (Å²) in [5.74, 6) is -0.192. The van der Waals surface area contributed by atoms with Gasteiger partial charge >= 0.3 is 0 Å². The lowest BCUT2D eigenvalue weighted by Crippen LogP contribution is -2.30. The number of rotatable bonds is 1. The van der Waals surface area contributed by atoms with E-state index in [1.807, 2.05) is 20.2 Å². The molecular formula is C11H16FN3. The first-order valence-electron chi connectivity index (χ1n) is 5.09. The summed E-state index contributed by atoms with van der Waals surface area (Å²) in [6, 6.07) is 3.72. The quantitative estimate of drug-likeness (QED) is 0.742. The largest absolute Gasteiger partial charge is 0.381 e. The van der Waals surface area contributed by atoms with Crippen LogP contribution in [0.5, 0.6) is 0 Å². The van der Waals surface area contributed by atoms with Gasteiger partial charge in [0.2, 0.25) is 0 Å². The zero-order chi connectivity index (χ0) is 11.0. The Morgan fingerprint density at radius 1 is 1.33 bits per heavy atom. The van der Waals surface area contributed by atoms with Crippen LogP contribution in [0.1, 0.15) is 6.92 Å². The lowest BCUT2D eigenvalue weighted by molar-refractivity contribution is 0.625. The molecule has 1 aromatic rings. The van der Waals surface area contributed by atoms with Crippen LogP contribution in [-0.2, 0) is 0 Å². The summed E-state index contributed by atoms with van der Waals surface area (Å²) in [5.41, 5.74) is 2.42. The number of benzene rings is 1. The Morgan fingerprint density at radius 3 is 2.73 bits per heavy atom. The number of halogens is 1. The molecule has 0 radical (unpaired) electrons. The molecule has 1 aliphatic heterocycles. The third kappa shape index (κ3) is 1.84. The van der Waals surface area contributed by atoms with Crippen LogP contribution < -0.4 is 15.5 Å². The Balaban J connectivity index is 2.42. The molecule has 0 aromatic heterocycles. The van der Waals surface area contributed by atoms with Gasteiger partial charge in [-0.05, 0) is 13.0 Å². The molecule has 15 heavy (non-hydrogen) atoms. The molecule has 1 atom stereocenters. The third-order valence-electron chi connectivity index (χ3n) is 2.57. The molecular weight excluding hydrogens is 193 g/mol. The Kier molecular flexibility index (Phi) is 2.42. The maximum Gasteiger partial charge on any atom is 0.148 e. The molecule has 0 amide bonds. The van der Waals surface area contributed by atoms with E-state index >= 15 is 0 Å². The van der Waals surface area contributed by atoms with Crippen molar-refractivity contribution in [1.29, 1.82) is 0 Å². The number of nitrogens with zero attached hydrogens (tertiary/aromatic N) is 1. The lowest BCUT2D eigenvalue weighted by Gasteiger charge is -2.27. The minimum atomic E-state index is -0.192. The minimum Gasteiger partial charge on any atom is -0.381 e. The fraction of sp³-hybridized carbons (Fsp3) is 0.455. The van der Waals surface area contributed by atoms with Crippen molar-refractivity contribution in [3.63, 3.8) is 0 Å². The number of nitrogens with one attached hydrogen (secondary N) is 2. The van der Waals surface area contributed by atoms with Crippen LogP contribution in [0.25, 0.3) is 0 Å². The van der Waals surface area contributed by atoms with Gasteiger partial charge in [-0.2, -0.15) is 0 Å². The molecule has 4 heteroatoms. The first-order chi connectivity index (χ1) is 7.08. The van der Waals surface area contributed by atoms with Gasteiger partial charge in [0.05, 0.1) is 17.1 Å². The monoisotopic (exact) mass is 209 g/mol. The van der Waals surface area contributed by atoms with E-state index < -0.39 is 0 Å². The summed E-state index contributed by atoms with van der Waals surface area (Å²) >= 11 is 0. The average molecular weight is 209 g/mol. The summed E-state index contributed by atoms with van der Waals surface area (Å²) in [6.45, 7) is 2.93. The molecule has 2 N–H and O–H groups in total. The maximum atomic E-state index is 13.6. The van der Waals surface area contributed by atoms with Gasteiger partial charge in [-0.3, -0.25) is 0 Å². The molecule has 0 bridgehead atoms. The Labute approximate surface area is 89.3 Å². The third-order valence-corrected chi connectivity index (χ3v) is 2.57. The van der Waals surface area contributed by atoms with E-state index in [0.29, 0.717) is 11.7 Å². The summed E-state index contributed by atoms with van der Waals surface area (Å²) in [5, 5.41) is 6.52. The molecule has 3 nitrogen and oxygen atoms in total. The first-order valence-corrected chi connectivity index (χ1v) is 5.09. The molecule has 1 aliphatic rings. The van der Waals surface area contributed by atoms with Gasteiger partial charge in [-0.25, -0.2) is 4.39 Å². The van der Waals surface area contributed by atoms with E-state index in [-0.39, 0.29) is 5.82 Å². The van der Waals surface area contributed by atoms with Crippen LogP contribution in [0.15, 0.2) is 12.1 Å². The van der Waals surface area contributed by atoms with Crippen LogP contribution in [0.2, 0.25) is 0 Å². The molecule has 0 fully saturated rings. The topological polar surface area (TPSA) is 27.3 Å². The second kappa shape index (κ2) is 3.61. The van der Waals surface area contributed by atoms with E-state index in [1.54, 1.807) is 11.0 Å². The van der Waals surface area contributed by atoms with Crippen molar-refractivity contribution < 1.29 is 4.39 Å². The summed E-state index contributed by atoms with van der Waals surface area (Å²) < 4.78 is 13.6. The van der Waals surface area contributed by atoms with E-state index in [9.17, 15) is 4.39 Å². The van der Waals surface area contributed by atoms with Gasteiger partial charge in [-0.1, -0.05) is 0 Å². The molecule has 1 heterocycles. The summed E-state index contributed by atoms with van der Waals surface area (Å²) in [7, 11) is 3.67. The fourth-order valence-corrected chi connectivity index (χ4v) is 1.75. The highest BCUT2D eigenvalue weighted by molar-refractivity contribution is 5.76. The van der Waals surface area contributed by atoms with Crippen molar-refractivity contribution in [1.82, 2.24) is 0 Å². The van der Waals surface area contributed by atoms with Crippen LogP contribution >= 0.6 is 0 Å². The van der Waals surface area contributed by atoms with Crippen molar-refractivity contribution in [2.75, 3.05) is 36.2 Å². The molecule has 0 unspecified atom stereocenters. The Bertz CT molecular complexity index is 376. The standard InChI is InChI=1S/C11H16FN3/c1-7-6-13-9-5-11(15(2)3)8(12)4-10(9)14-7/h4-5,7,13-14H,6H2,1-3H3/t7-/m0/s1. The van der Waals surface area contributed by atoms with Gasteiger partial charge in [0.1, 0.15) is 5.82 Å². The Hall–Kier alpha value is -1.45. The van der Waals surface area contributed by atoms with Crippen LogP contribution in [0, 0.1) is 5.82 Å². The molecule has 1 aromatic carbocycles. The summed E-state index contributed by atoms with van der Waals surface area (Å²) in [4.78, 5) is 1.77. The zero-order valence-electron chi connectivity index (χ0n) is 9.26. The van der Waals surface area contributed by atoms with Crippen LogP contribution in [-0.4, -0.2) is 26.7 Å². The highest BCUT2D eigenvalue weighted by Gasteiger charge is 2.16. The smallest absolute Gasteiger partial charge is 0.148 e. The fourth-order valence-electron chi connectivity index (χ4n) is 1.75. The zero-order valence-corrected chi connectivity index (χ0v) is 9.26. The molecule has 0 aliphatic carbocycles. The van der Waals surface area contributed by atoms with Gasteiger partial charge < -0.3 is 15.5 Å². The van der Waals surface area contributed by atoms with E-state index in [4.69, 9.17) is 0 Å². The Morgan fingerprint density at radius 2 is 2.07 bits per heavy atom. The predicted octanol–water partition coefficient (Wildman–Crippen LogP) is 2.12. The maximum absolute atomic E-state index is 13.6. The van der Waals surface area contributed by atoms with Crippen molar-refractivity contribution in [2.45, 2.75) is 13.0 Å². The number of fused-ring (bicyclic) bond motifs is 1. The van der Waals surface area contributed by atoms with Crippen molar-refractivity contribution in [2.24, 2.45) is 0 Å². The van der Waals surface area contributed by atoms with E-state index in [2.05, 4.69) is 17.6 Å². The first kappa shape index (κ1) is 10.1. The second-order valence-electron chi connectivity index (χ2n) is 4.17. The van der Waals surface area contributed by atoms with Crippen molar-refractivity contribution in [3.05, 3.63) is 17.9 Å². The molecule has 0 spiro atoms. The van der Waals surface area contributed by atoms with Crippen LogP contribution in [0.3, 0.4) is 0 Å². The number of anilines is 3. The second-order valence-corrected chi connectivity index (χ2v) is 4.17. The van der Waals surface area contributed by atoms with Crippen molar-refractivity contribution in [3.8, 4) is 0 Å². The highest BCUT2D eigenvalue weighted by atomic mass is 19.1. The van der Waals surface area contributed by atoms with E-state index in [0.717, 1.165) is 17.9 Å². The van der Waals surface area contributed by atoms with Gasteiger partial charge in [0, 0.05) is 32.7 Å². The number of hydrogen-bond donors (Lipinski definition) is 2. The molecule has 0 saturated carbocycles. The average Bonchev–Trinajstić information content (AvgIpc) is 2.15. The SMILES string of the molecule is C[C@H]1CNc2cc(N(C)C)c(F)cc2N1. The number of hydrogen-bond acceptors (Lipinski definition) is 3. The summed E-state index contributed by atoms with van der Waals surface area (Å²) in [6.07, 6.45) is 0. The minimum absolute atomic E-state index is 0.192. The van der Waals surface area contributed by atoms with Gasteiger partial charge in [0.25, 0.3) is 0 Å². The lowest BCUT2D eigenvalue weighted by atomic mass is 10.1. The van der Waals surface area contributed by atoms with Crippen LogP contribution in [0.4, 0.5) is 21.5 Å². The molecule has 0 saturated heterocycles. The van der Waals surface area contributed by atoms with Gasteiger partial charge in [-0.15, -0.1) is 0 Å². The molecule has 2 rings (SSSR count). The normalized spacial score (nSPS) is 18.8. The van der Waals surface area contributed by atoms with Gasteiger partial charge in [0.15, 0.2) is 0 Å².